The summed E-state index contributed by atoms with van der Waals surface area (Å²) in [5, 5.41) is 4.41. The summed E-state index contributed by atoms with van der Waals surface area (Å²) in [6.07, 6.45) is 2.38. The fourth-order valence-electron chi connectivity index (χ4n) is 4.08. The summed E-state index contributed by atoms with van der Waals surface area (Å²) in [7, 11) is 0. The van der Waals surface area contributed by atoms with Crippen LogP contribution in [0.3, 0.4) is 0 Å². The van der Waals surface area contributed by atoms with E-state index >= 15 is 0 Å². The monoisotopic (exact) mass is 349 g/mol. The molecule has 2 aromatic heterocycles. The molecule has 5 nitrogen and oxygen atoms in total. The highest BCUT2D eigenvalue weighted by molar-refractivity contribution is 5.48. The average molecular weight is 349 g/mol. The van der Waals surface area contributed by atoms with Gasteiger partial charge in [-0.15, -0.1) is 0 Å². The van der Waals surface area contributed by atoms with Crippen LogP contribution in [0.15, 0.2) is 42.5 Å². The van der Waals surface area contributed by atoms with Crippen LogP contribution in [-0.4, -0.2) is 39.1 Å². The summed E-state index contributed by atoms with van der Waals surface area (Å²) >= 11 is 0. The van der Waals surface area contributed by atoms with Gasteiger partial charge in [-0.25, -0.2) is 4.98 Å². The van der Waals surface area contributed by atoms with Gasteiger partial charge in [-0.05, 0) is 37.8 Å². The highest BCUT2D eigenvalue weighted by Crippen LogP contribution is 2.29. The fraction of sp³-hybridized carbons (Fsp3) is 0.429. The predicted octanol–water partition coefficient (Wildman–Crippen LogP) is 3.60. The van der Waals surface area contributed by atoms with Crippen molar-refractivity contribution in [2.45, 2.75) is 38.5 Å². The lowest BCUT2D eigenvalue weighted by atomic mass is 9.92. The molecule has 1 aliphatic rings. The van der Waals surface area contributed by atoms with E-state index in [0.717, 1.165) is 36.7 Å². The van der Waals surface area contributed by atoms with Gasteiger partial charge in [0.05, 0.1) is 11.4 Å². The molecule has 2 N–H and O–H groups in total. The van der Waals surface area contributed by atoms with Gasteiger partial charge in [0.2, 0.25) is 0 Å². The van der Waals surface area contributed by atoms with Crippen molar-refractivity contribution in [2.75, 3.05) is 25.4 Å². The maximum absolute atomic E-state index is 6.22. The Bertz CT molecular complexity index is 886. The molecular formula is C21H27N5. The SMILES string of the molecule is Cc1cc2nc([C@H]3CCCN(C[C@H](C)c4ccccc4)C3)cc(N)n2n1. The molecule has 26 heavy (non-hydrogen) atoms. The minimum atomic E-state index is 0.439. The second kappa shape index (κ2) is 7.08. The zero-order valence-corrected chi connectivity index (χ0v) is 15.6. The molecule has 5 heteroatoms. The molecule has 0 amide bonds. The van der Waals surface area contributed by atoms with Gasteiger partial charge in [-0.3, -0.25) is 0 Å². The molecule has 1 fully saturated rings. The van der Waals surface area contributed by atoms with E-state index in [1.54, 1.807) is 4.52 Å². The molecule has 1 aromatic carbocycles. The molecule has 1 saturated heterocycles. The molecule has 136 valence electrons. The summed E-state index contributed by atoms with van der Waals surface area (Å²) in [6.45, 7) is 7.59. The van der Waals surface area contributed by atoms with Crippen LogP contribution < -0.4 is 5.73 Å². The Balaban J connectivity index is 1.50. The zero-order valence-electron chi connectivity index (χ0n) is 15.6. The predicted molar refractivity (Wildman–Crippen MR) is 105 cm³/mol. The van der Waals surface area contributed by atoms with Gasteiger partial charge in [0.1, 0.15) is 5.82 Å². The van der Waals surface area contributed by atoms with Crippen molar-refractivity contribution in [3.63, 3.8) is 0 Å². The number of piperidine rings is 1. The van der Waals surface area contributed by atoms with Gasteiger partial charge in [-0.2, -0.15) is 9.61 Å². The van der Waals surface area contributed by atoms with Crippen molar-refractivity contribution >= 4 is 11.5 Å². The number of benzene rings is 1. The molecule has 0 spiro atoms. The quantitative estimate of drug-likeness (QED) is 0.782. The number of rotatable bonds is 4. The van der Waals surface area contributed by atoms with E-state index in [4.69, 9.17) is 10.7 Å². The van der Waals surface area contributed by atoms with E-state index in [-0.39, 0.29) is 0 Å². The van der Waals surface area contributed by atoms with Crippen LogP contribution >= 0.6 is 0 Å². The molecular weight excluding hydrogens is 322 g/mol. The lowest BCUT2D eigenvalue weighted by Gasteiger charge is -2.34. The Morgan fingerprint density at radius 2 is 2.04 bits per heavy atom. The first-order valence-corrected chi connectivity index (χ1v) is 9.50. The molecule has 0 unspecified atom stereocenters. The van der Waals surface area contributed by atoms with Crippen LogP contribution in [0.25, 0.3) is 5.65 Å². The van der Waals surface area contributed by atoms with Crippen molar-refractivity contribution in [1.29, 1.82) is 0 Å². The van der Waals surface area contributed by atoms with Gasteiger partial charge < -0.3 is 10.6 Å². The van der Waals surface area contributed by atoms with Crippen LogP contribution in [0, 0.1) is 6.92 Å². The Labute approximate surface area is 154 Å². The van der Waals surface area contributed by atoms with E-state index in [0.29, 0.717) is 17.7 Å². The van der Waals surface area contributed by atoms with E-state index in [2.05, 4.69) is 47.3 Å². The topological polar surface area (TPSA) is 59.5 Å². The summed E-state index contributed by atoms with van der Waals surface area (Å²) < 4.78 is 1.73. The first-order chi connectivity index (χ1) is 12.6. The largest absolute Gasteiger partial charge is 0.384 e. The van der Waals surface area contributed by atoms with Crippen molar-refractivity contribution < 1.29 is 0 Å². The molecule has 0 radical (unpaired) electrons. The molecule has 3 heterocycles. The molecule has 0 saturated carbocycles. The van der Waals surface area contributed by atoms with Crippen LogP contribution in [-0.2, 0) is 0 Å². The summed E-state index contributed by atoms with van der Waals surface area (Å²) in [6, 6.07) is 14.8. The first kappa shape index (κ1) is 17.0. The minimum absolute atomic E-state index is 0.439. The average Bonchev–Trinajstić information content (AvgIpc) is 3.03. The molecule has 1 aliphatic heterocycles. The normalized spacial score (nSPS) is 19.7. The maximum Gasteiger partial charge on any atom is 0.157 e. The van der Waals surface area contributed by atoms with Gasteiger partial charge in [0.15, 0.2) is 5.65 Å². The number of fused-ring (bicyclic) bond motifs is 1. The Hall–Kier alpha value is -2.40. The molecule has 4 rings (SSSR count). The van der Waals surface area contributed by atoms with Crippen LogP contribution in [0.5, 0.6) is 0 Å². The first-order valence-electron chi connectivity index (χ1n) is 9.50. The fourth-order valence-corrected chi connectivity index (χ4v) is 4.08. The van der Waals surface area contributed by atoms with Crippen LogP contribution in [0.2, 0.25) is 0 Å². The van der Waals surface area contributed by atoms with E-state index in [1.807, 2.05) is 19.1 Å². The number of aromatic nitrogens is 3. The summed E-state index contributed by atoms with van der Waals surface area (Å²) in [5.74, 6) is 1.65. The standard InChI is InChI=1S/C21H27N5/c1-15(17-7-4-3-5-8-17)13-25-10-6-9-18(14-25)19-12-20(22)26-21(23-19)11-16(2)24-26/h3-5,7-8,11-12,15,18H,6,9-10,13-14,22H2,1-2H3/t15-,18-/m0/s1. The molecule has 3 aromatic rings. The number of nitrogens with two attached hydrogens (primary N) is 1. The van der Waals surface area contributed by atoms with Crippen molar-refractivity contribution in [1.82, 2.24) is 19.5 Å². The molecule has 0 aliphatic carbocycles. The number of aryl methyl sites for hydroxylation is 1. The smallest absolute Gasteiger partial charge is 0.157 e. The third-order valence-electron chi connectivity index (χ3n) is 5.42. The Morgan fingerprint density at radius 3 is 2.85 bits per heavy atom. The van der Waals surface area contributed by atoms with Crippen molar-refractivity contribution in [3.8, 4) is 0 Å². The highest BCUT2D eigenvalue weighted by Gasteiger charge is 2.24. The molecule has 0 bridgehead atoms. The number of anilines is 1. The second-order valence-corrected chi connectivity index (χ2v) is 7.57. The number of hydrogen-bond donors (Lipinski definition) is 1. The van der Waals surface area contributed by atoms with Crippen LogP contribution in [0.4, 0.5) is 5.82 Å². The van der Waals surface area contributed by atoms with Gasteiger partial charge in [0, 0.05) is 31.1 Å². The van der Waals surface area contributed by atoms with E-state index in [1.165, 1.54) is 18.4 Å². The van der Waals surface area contributed by atoms with Gasteiger partial charge >= 0.3 is 0 Å². The third-order valence-corrected chi connectivity index (χ3v) is 5.42. The summed E-state index contributed by atoms with van der Waals surface area (Å²) in [4.78, 5) is 7.43. The second-order valence-electron chi connectivity index (χ2n) is 7.57. The van der Waals surface area contributed by atoms with E-state index in [9.17, 15) is 0 Å². The number of hydrogen-bond acceptors (Lipinski definition) is 4. The number of nitrogens with zero attached hydrogens (tertiary/aromatic N) is 4. The lowest BCUT2D eigenvalue weighted by molar-refractivity contribution is 0.197. The third kappa shape index (κ3) is 3.44. The zero-order chi connectivity index (χ0) is 18.1. The van der Waals surface area contributed by atoms with Gasteiger partial charge in [-0.1, -0.05) is 37.3 Å². The van der Waals surface area contributed by atoms with Gasteiger partial charge in [0.25, 0.3) is 0 Å². The highest BCUT2D eigenvalue weighted by atomic mass is 15.3. The lowest BCUT2D eigenvalue weighted by Crippen LogP contribution is -2.37. The maximum atomic E-state index is 6.22. The number of likely N-dealkylation sites (tertiary alicyclic amines) is 1. The van der Waals surface area contributed by atoms with Crippen molar-refractivity contribution in [3.05, 3.63) is 59.4 Å². The van der Waals surface area contributed by atoms with Crippen LogP contribution in [0.1, 0.15) is 48.6 Å². The number of nitrogen functional groups attached to an aromatic ring is 1. The minimum Gasteiger partial charge on any atom is -0.384 e. The summed E-state index contributed by atoms with van der Waals surface area (Å²) in [5.41, 5.74) is 10.5. The van der Waals surface area contributed by atoms with Crippen molar-refractivity contribution in [2.24, 2.45) is 0 Å². The van der Waals surface area contributed by atoms with E-state index < -0.39 is 0 Å². The Kier molecular flexibility index (Phi) is 4.64. The molecule has 2 atom stereocenters. The Morgan fingerprint density at radius 1 is 1.23 bits per heavy atom.